The lowest BCUT2D eigenvalue weighted by molar-refractivity contribution is 0.848. The molecule has 0 bridgehead atoms. The van der Waals surface area contributed by atoms with Crippen molar-refractivity contribution < 1.29 is 0 Å². The molecule has 0 aliphatic carbocycles. The summed E-state index contributed by atoms with van der Waals surface area (Å²) in [5, 5.41) is 8.18. The van der Waals surface area contributed by atoms with Crippen molar-refractivity contribution in [2.24, 2.45) is 0 Å². The van der Waals surface area contributed by atoms with E-state index in [0.717, 1.165) is 11.1 Å². The fourth-order valence-electron chi connectivity index (χ4n) is 2.01. The van der Waals surface area contributed by atoms with Crippen LogP contribution in [-0.2, 0) is 0 Å². The summed E-state index contributed by atoms with van der Waals surface area (Å²) in [6, 6.07) is 11.7. The Balaban J connectivity index is 2.04. The summed E-state index contributed by atoms with van der Waals surface area (Å²) in [5.41, 5.74) is 2.08. The normalized spacial score (nSPS) is 10.6. The molecule has 3 aromatic rings. The van der Waals surface area contributed by atoms with Gasteiger partial charge in [-0.2, -0.15) is 5.10 Å². The summed E-state index contributed by atoms with van der Waals surface area (Å²) >= 11 is 12.3. The van der Waals surface area contributed by atoms with Crippen LogP contribution in [0.25, 0.3) is 16.9 Å². The predicted molar refractivity (Wildman–Crippen MR) is 86.4 cm³/mol. The minimum atomic E-state index is 0.446. The topological polar surface area (TPSA) is 42.7 Å². The van der Waals surface area contributed by atoms with Crippen LogP contribution in [0.15, 0.2) is 48.8 Å². The van der Waals surface area contributed by atoms with Crippen LogP contribution in [0.3, 0.4) is 0 Å². The molecule has 1 N–H and O–H groups in total. The van der Waals surface area contributed by atoms with Crippen LogP contribution in [0.1, 0.15) is 0 Å². The van der Waals surface area contributed by atoms with E-state index in [9.17, 15) is 0 Å². The van der Waals surface area contributed by atoms with Gasteiger partial charge in [0.15, 0.2) is 5.82 Å². The summed E-state index contributed by atoms with van der Waals surface area (Å²) in [7, 11) is 1.75. The molecule has 0 radical (unpaired) electrons. The molecule has 0 atom stereocenters. The van der Waals surface area contributed by atoms with Gasteiger partial charge in [-0.3, -0.25) is 0 Å². The number of benzene rings is 1. The Morgan fingerprint density at radius 1 is 1.05 bits per heavy atom. The Labute approximate surface area is 132 Å². The third-order valence-corrected chi connectivity index (χ3v) is 3.62. The predicted octanol–water partition coefficient (Wildman–Crippen LogP) is 4.28. The van der Waals surface area contributed by atoms with Gasteiger partial charge < -0.3 is 5.32 Å². The number of anilines is 1. The molecule has 0 unspecified atom stereocenters. The first-order chi connectivity index (χ1) is 10.2. The molecule has 1 aromatic carbocycles. The van der Waals surface area contributed by atoms with Crippen molar-refractivity contribution in [1.29, 1.82) is 0 Å². The zero-order valence-electron chi connectivity index (χ0n) is 11.2. The second-order valence-electron chi connectivity index (χ2n) is 4.41. The van der Waals surface area contributed by atoms with E-state index in [-0.39, 0.29) is 0 Å². The van der Waals surface area contributed by atoms with E-state index in [1.807, 2.05) is 36.5 Å². The zero-order valence-corrected chi connectivity index (χ0v) is 12.7. The standard InChI is InChI=1S/C15H12Cl2N4/c1-18-14-12(16)7-13(17)15(20-14)21-9-11(8-19-21)10-5-3-2-4-6-10/h2-9H,1H3,(H,18,20). The number of pyridine rings is 1. The highest BCUT2D eigenvalue weighted by molar-refractivity contribution is 6.36. The lowest BCUT2D eigenvalue weighted by Crippen LogP contribution is -2.02. The lowest BCUT2D eigenvalue weighted by Gasteiger charge is -2.08. The number of hydrogen-bond donors (Lipinski definition) is 1. The molecule has 21 heavy (non-hydrogen) atoms. The molecule has 3 rings (SSSR count). The van der Waals surface area contributed by atoms with Crippen LogP contribution in [0.5, 0.6) is 0 Å². The van der Waals surface area contributed by atoms with Gasteiger partial charge in [-0.25, -0.2) is 9.67 Å². The van der Waals surface area contributed by atoms with E-state index in [1.54, 1.807) is 24.0 Å². The Morgan fingerprint density at radius 3 is 2.52 bits per heavy atom. The van der Waals surface area contributed by atoms with Crippen LogP contribution in [0.4, 0.5) is 5.82 Å². The van der Waals surface area contributed by atoms with Crippen LogP contribution < -0.4 is 5.32 Å². The van der Waals surface area contributed by atoms with Gasteiger partial charge >= 0.3 is 0 Å². The van der Waals surface area contributed by atoms with Gasteiger partial charge in [-0.1, -0.05) is 53.5 Å². The van der Waals surface area contributed by atoms with E-state index in [0.29, 0.717) is 21.7 Å². The van der Waals surface area contributed by atoms with Gasteiger partial charge in [-0.15, -0.1) is 0 Å². The Kier molecular flexibility index (Phi) is 3.82. The van der Waals surface area contributed by atoms with Crippen molar-refractivity contribution in [3.05, 3.63) is 58.8 Å². The van der Waals surface area contributed by atoms with Crippen LogP contribution in [-0.4, -0.2) is 21.8 Å². The van der Waals surface area contributed by atoms with E-state index >= 15 is 0 Å². The molecule has 106 valence electrons. The maximum Gasteiger partial charge on any atom is 0.174 e. The summed E-state index contributed by atoms with van der Waals surface area (Å²) < 4.78 is 1.64. The molecular weight excluding hydrogens is 307 g/mol. The number of halogens is 2. The average Bonchev–Trinajstić information content (AvgIpc) is 2.98. The lowest BCUT2D eigenvalue weighted by atomic mass is 10.1. The van der Waals surface area contributed by atoms with Crippen molar-refractivity contribution in [1.82, 2.24) is 14.8 Å². The molecule has 0 saturated carbocycles. The third kappa shape index (κ3) is 2.73. The SMILES string of the molecule is CNc1nc(-n2cc(-c3ccccc3)cn2)c(Cl)cc1Cl. The van der Waals surface area contributed by atoms with E-state index < -0.39 is 0 Å². The quantitative estimate of drug-likeness (QED) is 0.783. The number of hydrogen-bond acceptors (Lipinski definition) is 3. The maximum absolute atomic E-state index is 6.21. The smallest absolute Gasteiger partial charge is 0.174 e. The highest BCUT2D eigenvalue weighted by Gasteiger charge is 2.12. The Bertz CT molecular complexity index is 769. The van der Waals surface area contributed by atoms with E-state index in [1.165, 1.54) is 0 Å². The largest absolute Gasteiger partial charge is 0.372 e. The molecule has 0 aliphatic rings. The third-order valence-electron chi connectivity index (χ3n) is 3.05. The van der Waals surface area contributed by atoms with Crippen molar-refractivity contribution in [3.63, 3.8) is 0 Å². The Morgan fingerprint density at radius 2 is 1.81 bits per heavy atom. The first-order valence-corrected chi connectivity index (χ1v) is 7.09. The van der Waals surface area contributed by atoms with Crippen LogP contribution >= 0.6 is 23.2 Å². The van der Waals surface area contributed by atoms with Gasteiger partial charge in [0.05, 0.1) is 16.2 Å². The monoisotopic (exact) mass is 318 g/mol. The fourth-order valence-corrected chi connectivity index (χ4v) is 2.55. The number of rotatable bonds is 3. The molecule has 4 nitrogen and oxygen atoms in total. The second kappa shape index (κ2) is 5.76. The van der Waals surface area contributed by atoms with Crippen molar-refractivity contribution in [2.45, 2.75) is 0 Å². The fraction of sp³-hybridized carbons (Fsp3) is 0.0667. The van der Waals surface area contributed by atoms with Crippen molar-refractivity contribution in [2.75, 3.05) is 12.4 Å². The second-order valence-corrected chi connectivity index (χ2v) is 5.23. The average molecular weight is 319 g/mol. The minimum Gasteiger partial charge on any atom is -0.372 e. The van der Waals surface area contributed by atoms with E-state index in [4.69, 9.17) is 23.2 Å². The zero-order chi connectivity index (χ0) is 14.8. The molecule has 0 saturated heterocycles. The van der Waals surface area contributed by atoms with Gasteiger partial charge in [0.1, 0.15) is 5.82 Å². The van der Waals surface area contributed by atoms with Crippen molar-refractivity contribution in [3.8, 4) is 16.9 Å². The summed E-state index contributed by atoms with van der Waals surface area (Å²) in [6.45, 7) is 0. The first kappa shape index (κ1) is 13.9. The number of nitrogens with one attached hydrogen (secondary N) is 1. The molecule has 6 heteroatoms. The van der Waals surface area contributed by atoms with Gasteiger partial charge in [0.2, 0.25) is 0 Å². The van der Waals surface area contributed by atoms with Crippen LogP contribution in [0, 0.1) is 0 Å². The summed E-state index contributed by atoms with van der Waals surface area (Å²) in [5.74, 6) is 1.10. The Hall–Kier alpha value is -2.04. The number of aromatic nitrogens is 3. The molecule has 0 fully saturated rings. The van der Waals surface area contributed by atoms with Crippen molar-refractivity contribution >= 4 is 29.0 Å². The van der Waals surface area contributed by atoms with Gasteiger partial charge in [0.25, 0.3) is 0 Å². The first-order valence-electron chi connectivity index (χ1n) is 6.33. The summed E-state index contributed by atoms with van der Waals surface area (Å²) in [6.07, 6.45) is 3.66. The van der Waals surface area contributed by atoms with E-state index in [2.05, 4.69) is 15.4 Å². The van der Waals surface area contributed by atoms with Crippen LogP contribution in [0.2, 0.25) is 10.0 Å². The molecular formula is C15H12Cl2N4. The molecule has 0 aliphatic heterocycles. The summed E-state index contributed by atoms with van der Waals surface area (Å²) in [4.78, 5) is 4.39. The maximum atomic E-state index is 6.21. The molecule has 0 spiro atoms. The molecule has 2 heterocycles. The number of nitrogens with zero attached hydrogens (tertiary/aromatic N) is 3. The molecule has 0 amide bonds. The minimum absolute atomic E-state index is 0.446. The van der Waals surface area contributed by atoms with Gasteiger partial charge in [0, 0.05) is 18.8 Å². The van der Waals surface area contributed by atoms with Gasteiger partial charge in [-0.05, 0) is 11.6 Å². The molecule has 2 aromatic heterocycles. The highest BCUT2D eigenvalue weighted by Crippen LogP contribution is 2.28. The highest BCUT2D eigenvalue weighted by atomic mass is 35.5.